The van der Waals surface area contributed by atoms with Gasteiger partial charge in [0.15, 0.2) is 0 Å². The van der Waals surface area contributed by atoms with E-state index in [-0.39, 0.29) is 22.0 Å². The molecule has 2 heterocycles. The standard InChI is InChI=1S/C19H15ClN2O5S/c1-26-14-8-7-12(17(21-14)27-2)16(23)22-18-15(19(24)25)13(9-28-18)10-3-5-11(20)6-4-10/h3-9H,1-2H3,(H,22,23)(H,24,25). The maximum atomic E-state index is 12.7. The van der Waals surface area contributed by atoms with Gasteiger partial charge in [-0.3, -0.25) is 4.79 Å². The molecule has 3 aromatic rings. The molecule has 0 saturated carbocycles. The smallest absolute Gasteiger partial charge is 0.339 e. The van der Waals surface area contributed by atoms with Gasteiger partial charge in [-0.25, -0.2) is 4.79 Å². The summed E-state index contributed by atoms with van der Waals surface area (Å²) in [5.41, 5.74) is 1.33. The topological polar surface area (TPSA) is 97.8 Å². The highest BCUT2D eigenvalue weighted by molar-refractivity contribution is 7.15. The fraction of sp³-hybridized carbons (Fsp3) is 0.105. The van der Waals surface area contributed by atoms with Crippen LogP contribution in [-0.2, 0) is 0 Å². The Morgan fingerprint density at radius 1 is 1.11 bits per heavy atom. The van der Waals surface area contributed by atoms with Gasteiger partial charge in [-0.05, 0) is 23.8 Å². The van der Waals surface area contributed by atoms with Crippen LogP contribution >= 0.6 is 22.9 Å². The molecule has 0 bridgehead atoms. The average molecular weight is 419 g/mol. The molecule has 0 fully saturated rings. The molecule has 2 N–H and O–H groups in total. The summed E-state index contributed by atoms with van der Waals surface area (Å²) in [6, 6.07) is 9.80. The number of amides is 1. The minimum absolute atomic E-state index is 0.00103. The largest absolute Gasteiger partial charge is 0.481 e. The van der Waals surface area contributed by atoms with Gasteiger partial charge in [0.2, 0.25) is 11.8 Å². The van der Waals surface area contributed by atoms with Crippen LogP contribution in [0.25, 0.3) is 11.1 Å². The Balaban J connectivity index is 1.96. The summed E-state index contributed by atoms with van der Waals surface area (Å²) in [4.78, 5) is 28.6. The van der Waals surface area contributed by atoms with E-state index in [4.69, 9.17) is 21.1 Å². The van der Waals surface area contributed by atoms with Crippen molar-refractivity contribution in [2.45, 2.75) is 0 Å². The van der Waals surface area contributed by atoms with Gasteiger partial charge in [0, 0.05) is 22.0 Å². The fourth-order valence-electron chi connectivity index (χ4n) is 2.54. The number of hydrogen-bond acceptors (Lipinski definition) is 6. The highest BCUT2D eigenvalue weighted by atomic mass is 35.5. The highest BCUT2D eigenvalue weighted by Gasteiger charge is 2.23. The number of carbonyl (C=O) groups is 2. The molecule has 7 nitrogen and oxygen atoms in total. The molecule has 1 aromatic carbocycles. The predicted molar refractivity (Wildman–Crippen MR) is 107 cm³/mol. The van der Waals surface area contributed by atoms with Gasteiger partial charge in [0.25, 0.3) is 5.91 Å². The molecular formula is C19H15ClN2O5S. The number of nitrogens with zero attached hydrogens (tertiary/aromatic N) is 1. The van der Waals surface area contributed by atoms with Gasteiger partial charge in [0.05, 0.1) is 14.2 Å². The third-order valence-corrected chi connectivity index (χ3v) is 5.02. The van der Waals surface area contributed by atoms with E-state index in [1.54, 1.807) is 29.6 Å². The number of ether oxygens (including phenoxy) is 2. The Morgan fingerprint density at radius 2 is 1.82 bits per heavy atom. The van der Waals surface area contributed by atoms with E-state index in [9.17, 15) is 14.7 Å². The van der Waals surface area contributed by atoms with Crippen LogP contribution in [-0.4, -0.2) is 36.2 Å². The molecule has 0 aliphatic heterocycles. The molecule has 0 aliphatic rings. The number of halogens is 1. The third-order valence-electron chi connectivity index (χ3n) is 3.87. The zero-order chi connectivity index (χ0) is 20.3. The number of rotatable bonds is 6. The number of anilines is 1. The summed E-state index contributed by atoms with van der Waals surface area (Å²) < 4.78 is 10.1. The molecule has 0 radical (unpaired) electrons. The molecule has 144 valence electrons. The quantitative estimate of drug-likeness (QED) is 0.614. The van der Waals surface area contributed by atoms with Crippen LogP contribution < -0.4 is 14.8 Å². The normalized spacial score (nSPS) is 10.4. The second-order valence-corrected chi connectivity index (χ2v) is 6.85. The highest BCUT2D eigenvalue weighted by Crippen LogP contribution is 2.36. The molecule has 0 atom stereocenters. The number of pyridine rings is 1. The minimum Gasteiger partial charge on any atom is -0.481 e. The minimum atomic E-state index is -1.15. The van der Waals surface area contributed by atoms with Crippen molar-refractivity contribution in [1.29, 1.82) is 0 Å². The van der Waals surface area contributed by atoms with Gasteiger partial charge in [-0.2, -0.15) is 4.98 Å². The predicted octanol–water partition coefficient (Wildman–Crippen LogP) is 4.43. The maximum absolute atomic E-state index is 12.7. The first kappa shape index (κ1) is 19.7. The third kappa shape index (κ3) is 3.92. The summed E-state index contributed by atoms with van der Waals surface area (Å²) in [5, 5.41) is 14.7. The number of hydrogen-bond donors (Lipinski definition) is 2. The molecule has 28 heavy (non-hydrogen) atoms. The fourth-order valence-corrected chi connectivity index (χ4v) is 3.62. The molecule has 0 aliphatic carbocycles. The van der Waals surface area contributed by atoms with Crippen LogP contribution in [0.1, 0.15) is 20.7 Å². The van der Waals surface area contributed by atoms with E-state index in [0.717, 1.165) is 11.3 Å². The van der Waals surface area contributed by atoms with Crippen LogP contribution in [0.3, 0.4) is 0 Å². The van der Waals surface area contributed by atoms with Crippen molar-refractivity contribution in [3.8, 4) is 22.9 Å². The molecule has 0 saturated heterocycles. The first-order chi connectivity index (χ1) is 13.4. The first-order valence-electron chi connectivity index (χ1n) is 7.95. The zero-order valence-electron chi connectivity index (χ0n) is 14.9. The van der Waals surface area contributed by atoms with Gasteiger partial charge in [-0.15, -0.1) is 11.3 Å². The summed E-state index contributed by atoms with van der Waals surface area (Å²) in [5.74, 6) is -1.33. The molecular weight excluding hydrogens is 404 g/mol. The van der Waals surface area contributed by atoms with E-state index in [1.807, 2.05) is 0 Å². The van der Waals surface area contributed by atoms with Crippen molar-refractivity contribution in [2.24, 2.45) is 0 Å². The van der Waals surface area contributed by atoms with Crippen molar-refractivity contribution in [3.05, 3.63) is 57.9 Å². The molecule has 0 spiro atoms. The van der Waals surface area contributed by atoms with Gasteiger partial charge in [-0.1, -0.05) is 23.7 Å². The molecule has 0 unspecified atom stereocenters. The van der Waals surface area contributed by atoms with E-state index < -0.39 is 11.9 Å². The monoisotopic (exact) mass is 418 g/mol. The number of carbonyl (C=O) groups excluding carboxylic acids is 1. The van der Waals surface area contributed by atoms with Gasteiger partial charge >= 0.3 is 5.97 Å². The summed E-state index contributed by atoms with van der Waals surface area (Å²) in [6.45, 7) is 0. The Labute approximate surface area is 169 Å². The van der Waals surface area contributed by atoms with Crippen LogP contribution in [0.15, 0.2) is 41.8 Å². The van der Waals surface area contributed by atoms with E-state index >= 15 is 0 Å². The number of aromatic nitrogens is 1. The van der Waals surface area contributed by atoms with Crippen molar-refractivity contribution < 1.29 is 24.2 Å². The number of methoxy groups -OCH3 is 2. The number of carboxylic acids is 1. The van der Waals surface area contributed by atoms with Crippen molar-refractivity contribution in [3.63, 3.8) is 0 Å². The molecule has 3 rings (SSSR count). The Bertz CT molecular complexity index is 1030. The Hall–Kier alpha value is -3.10. The second kappa shape index (κ2) is 8.28. The van der Waals surface area contributed by atoms with E-state index in [0.29, 0.717) is 22.0 Å². The SMILES string of the molecule is COc1ccc(C(=O)Nc2scc(-c3ccc(Cl)cc3)c2C(=O)O)c(OC)n1. The van der Waals surface area contributed by atoms with Crippen molar-refractivity contribution in [1.82, 2.24) is 4.98 Å². The van der Waals surface area contributed by atoms with Crippen LogP contribution in [0.5, 0.6) is 11.8 Å². The van der Waals surface area contributed by atoms with Crippen molar-refractivity contribution in [2.75, 3.05) is 19.5 Å². The lowest BCUT2D eigenvalue weighted by molar-refractivity contribution is 0.0699. The summed E-state index contributed by atoms with van der Waals surface area (Å²) in [6.07, 6.45) is 0. The van der Waals surface area contributed by atoms with Crippen molar-refractivity contribution >= 4 is 39.8 Å². The maximum Gasteiger partial charge on any atom is 0.339 e. The Morgan fingerprint density at radius 3 is 2.43 bits per heavy atom. The Kier molecular flexibility index (Phi) is 5.81. The summed E-state index contributed by atoms with van der Waals surface area (Å²) >= 11 is 7.01. The lowest BCUT2D eigenvalue weighted by atomic mass is 10.0. The van der Waals surface area contributed by atoms with Crippen LogP contribution in [0.2, 0.25) is 5.02 Å². The number of aromatic carboxylic acids is 1. The second-order valence-electron chi connectivity index (χ2n) is 5.53. The number of thiophene rings is 1. The molecule has 2 aromatic heterocycles. The zero-order valence-corrected chi connectivity index (χ0v) is 16.4. The number of carboxylic acid groups (broad SMARTS) is 1. The van der Waals surface area contributed by atoms with E-state index in [2.05, 4.69) is 10.3 Å². The lowest BCUT2D eigenvalue weighted by Crippen LogP contribution is -2.15. The van der Waals surface area contributed by atoms with Crippen LogP contribution in [0.4, 0.5) is 5.00 Å². The number of nitrogens with one attached hydrogen (secondary N) is 1. The van der Waals surface area contributed by atoms with Gasteiger partial charge < -0.3 is 19.9 Å². The van der Waals surface area contributed by atoms with E-state index in [1.165, 1.54) is 26.4 Å². The number of benzene rings is 1. The van der Waals surface area contributed by atoms with Gasteiger partial charge in [0.1, 0.15) is 16.1 Å². The van der Waals surface area contributed by atoms with Crippen LogP contribution in [0, 0.1) is 0 Å². The molecule has 9 heteroatoms. The lowest BCUT2D eigenvalue weighted by Gasteiger charge is -2.10. The summed E-state index contributed by atoms with van der Waals surface area (Å²) in [7, 11) is 2.83. The first-order valence-corrected chi connectivity index (χ1v) is 9.21. The average Bonchev–Trinajstić information content (AvgIpc) is 3.11. The molecule has 1 amide bonds.